The van der Waals surface area contributed by atoms with Crippen LogP contribution in [0.1, 0.15) is 16.1 Å². The van der Waals surface area contributed by atoms with Crippen LogP contribution in [0.15, 0.2) is 60.9 Å². The summed E-state index contributed by atoms with van der Waals surface area (Å²) in [7, 11) is 0. The number of nitrogens with zero attached hydrogens (tertiary/aromatic N) is 1. The fourth-order valence-corrected chi connectivity index (χ4v) is 3.85. The highest BCUT2D eigenvalue weighted by atomic mass is 127. The zero-order chi connectivity index (χ0) is 16.4. The molecule has 0 unspecified atom stereocenters. The molecule has 0 aliphatic carbocycles. The van der Waals surface area contributed by atoms with E-state index in [9.17, 15) is 4.79 Å². The molecule has 0 fully saturated rings. The lowest BCUT2D eigenvalue weighted by atomic mass is 10.2. The zero-order valence-electron chi connectivity index (χ0n) is 11.5. The fourth-order valence-electron chi connectivity index (χ4n) is 1.98. The van der Waals surface area contributed by atoms with Crippen LogP contribution >= 0.6 is 54.5 Å². The molecule has 0 saturated carbocycles. The molecule has 0 spiro atoms. The van der Waals surface area contributed by atoms with Crippen molar-refractivity contribution in [3.05, 3.63) is 66.3 Å². The Labute approximate surface area is 162 Å². The summed E-state index contributed by atoms with van der Waals surface area (Å²) in [5, 5.41) is 4.81. The Morgan fingerprint density at radius 3 is 2.78 bits per heavy atom. The van der Waals surface area contributed by atoms with Gasteiger partial charge in [0, 0.05) is 19.0 Å². The monoisotopic (exact) mass is 546 g/mol. The van der Waals surface area contributed by atoms with E-state index >= 15 is 0 Å². The zero-order valence-corrected chi connectivity index (χ0v) is 16.8. The molecule has 23 heavy (non-hydrogen) atoms. The molecule has 1 N–H and O–H groups in total. The highest BCUT2D eigenvalue weighted by Gasteiger charge is 2.14. The topological polar surface area (TPSA) is 54.6 Å². The number of carbonyl (C=O) groups excluding carboxylic acids is 1. The third-order valence-electron chi connectivity index (χ3n) is 3.03. The number of rotatable bonds is 3. The maximum atomic E-state index is 12.1. The average molecular weight is 548 g/mol. The summed E-state index contributed by atoms with van der Waals surface area (Å²) in [4.78, 5) is 12.1. The number of benzene rings is 2. The predicted molar refractivity (Wildman–Crippen MR) is 106 cm³/mol. The number of hydrogen-bond acceptors (Lipinski definition) is 3. The van der Waals surface area contributed by atoms with E-state index in [1.807, 2.05) is 36.4 Å². The van der Waals surface area contributed by atoms with Gasteiger partial charge in [0.05, 0.1) is 10.7 Å². The minimum absolute atomic E-state index is 0.207. The molecule has 1 aromatic heterocycles. The fraction of sp³-hybridized carbons (Fsp3) is 0. The minimum Gasteiger partial charge on any atom is -0.450 e. The molecular weight excluding hydrogens is 539 g/mol. The molecule has 1 amide bonds. The maximum Gasteiger partial charge on any atom is 0.307 e. The van der Waals surface area contributed by atoms with Gasteiger partial charge in [-0.3, -0.25) is 4.79 Å². The van der Waals surface area contributed by atoms with Crippen molar-refractivity contribution in [1.82, 2.24) is 5.43 Å². The molecule has 0 aliphatic rings. The third kappa shape index (κ3) is 3.84. The Hall–Kier alpha value is -1.19. The SMILES string of the molecule is O=C(N/N=C\c1ccccc1I)c1cc2cc(Br)cc(Br)c2o1. The molecule has 0 bridgehead atoms. The van der Waals surface area contributed by atoms with Crippen LogP contribution in [0.2, 0.25) is 0 Å². The molecule has 2 aromatic carbocycles. The van der Waals surface area contributed by atoms with Gasteiger partial charge in [0.15, 0.2) is 5.76 Å². The van der Waals surface area contributed by atoms with E-state index in [4.69, 9.17) is 4.42 Å². The first-order chi connectivity index (χ1) is 11.0. The molecule has 0 aliphatic heterocycles. The Morgan fingerprint density at radius 1 is 1.22 bits per heavy atom. The number of hydrogen-bond donors (Lipinski definition) is 1. The molecule has 0 saturated heterocycles. The second-order valence-corrected chi connectivity index (χ2v) is 7.57. The average Bonchev–Trinajstić information content (AvgIpc) is 2.93. The summed E-state index contributed by atoms with van der Waals surface area (Å²) < 4.78 is 8.33. The first kappa shape index (κ1) is 16.7. The van der Waals surface area contributed by atoms with Crippen molar-refractivity contribution < 1.29 is 9.21 Å². The highest BCUT2D eigenvalue weighted by molar-refractivity contribution is 14.1. The van der Waals surface area contributed by atoms with Crippen molar-refractivity contribution in [2.75, 3.05) is 0 Å². The predicted octanol–water partition coefficient (Wildman–Crippen LogP) is 5.33. The van der Waals surface area contributed by atoms with Crippen LogP contribution in [0, 0.1) is 3.57 Å². The first-order valence-electron chi connectivity index (χ1n) is 6.51. The summed E-state index contributed by atoms with van der Waals surface area (Å²) >= 11 is 9.04. The van der Waals surface area contributed by atoms with Crippen molar-refractivity contribution in [3.63, 3.8) is 0 Å². The lowest BCUT2D eigenvalue weighted by Crippen LogP contribution is -2.16. The van der Waals surface area contributed by atoms with E-state index in [1.54, 1.807) is 12.3 Å². The lowest BCUT2D eigenvalue weighted by Gasteiger charge is -1.97. The minimum atomic E-state index is -0.397. The Kier molecular flexibility index (Phi) is 5.17. The lowest BCUT2D eigenvalue weighted by molar-refractivity contribution is 0.0929. The number of hydrazone groups is 1. The number of furan rings is 1. The van der Waals surface area contributed by atoms with Gasteiger partial charge in [0.1, 0.15) is 5.58 Å². The third-order valence-corrected chi connectivity index (χ3v) is 5.06. The molecule has 7 heteroatoms. The number of carbonyl (C=O) groups is 1. The van der Waals surface area contributed by atoms with Crippen LogP contribution in [0.4, 0.5) is 0 Å². The van der Waals surface area contributed by atoms with E-state index in [0.29, 0.717) is 5.58 Å². The van der Waals surface area contributed by atoms with Gasteiger partial charge in [-0.15, -0.1) is 0 Å². The largest absolute Gasteiger partial charge is 0.450 e. The summed E-state index contributed by atoms with van der Waals surface area (Å²) in [5.74, 6) is -0.190. The molecule has 0 radical (unpaired) electrons. The summed E-state index contributed by atoms with van der Waals surface area (Å²) in [6.45, 7) is 0. The van der Waals surface area contributed by atoms with Crippen molar-refractivity contribution in [2.24, 2.45) is 5.10 Å². The second-order valence-electron chi connectivity index (χ2n) is 4.64. The second kappa shape index (κ2) is 7.14. The first-order valence-corrected chi connectivity index (χ1v) is 9.17. The Bertz CT molecular complexity index is 922. The van der Waals surface area contributed by atoms with Gasteiger partial charge in [-0.05, 0) is 62.8 Å². The standard InChI is InChI=1S/C16H9Br2IN2O2/c17-11-5-10-6-14(23-15(10)12(18)7-11)16(22)21-20-8-9-3-1-2-4-13(9)19/h1-8H,(H,21,22)/b20-8-. The smallest absolute Gasteiger partial charge is 0.307 e. The van der Waals surface area contributed by atoms with Gasteiger partial charge >= 0.3 is 5.91 Å². The van der Waals surface area contributed by atoms with E-state index in [1.165, 1.54) is 0 Å². The van der Waals surface area contributed by atoms with E-state index in [2.05, 4.69) is 65.0 Å². The van der Waals surface area contributed by atoms with E-state index in [-0.39, 0.29) is 5.76 Å². The van der Waals surface area contributed by atoms with Crippen LogP contribution in [0.5, 0.6) is 0 Å². The quantitative estimate of drug-likeness (QED) is 0.274. The van der Waals surface area contributed by atoms with Gasteiger partial charge in [-0.25, -0.2) is 5.43 Å². The van der Waals surface area contributed by atoms with E-state index < -0.39 is 5.91 Å². The van der Waals surface area contributed by atoms with Crippen LogP contribution in [-0.2, 0) is 0 Å². The van der Waals surface area contributed by atoms with E-state index in [0.717, 1.165) is 23.5 Å². The molecule has 3 rings (SSSR count). The molecule has 4 nitrogen and oxygen atoms in total. The molecule has 3 aromatic rings. The van der Waals surface area contributed by atoms with Crippen LogP contribution < -0.4 is 5.43 Å². The van der Waals surface area contributed by atoms with Gasteiger partial charge < -0.3 is 4.42 Å². The molecule has 116 valence electrons. The number of nitrogens with one attached hydrogen (secondary N) is 1. The Morgan fingerprint density at radius 2 is 2.00 bits per heavy atom. The number of amides is 1. The number of fused-ring (bicyclic) bond motifs is 1. The summed E-state index contributed by atoms with van der Waals surface area (Å²) in [6, 6.07) is 13.2. The normalized spacial score (nSPS) is 11.3. The summed E-state index contributed by atoms with van der Waals surface area (Å²) in [5.41, 5.74) is 4.04. The van der Waals surface area contributed by atoms with Crippen LogP contribution in [-0.4, -0.2) is 12.1 Å². The van der Waals surface area contributed by atoms with Crippen molar-refractivity contribution >= 4 is 77.5 Å². The molecule has 1 heterocycles. The highest BCUT2D eigenvalue weighted by Crippen LogP contribution is 2.30. The molecular formula is C16H9Br2IN2O2. The number of halogens is 3. The maximum absolute atomic E-state index is 12.1. The van der Waals surface area contributed by atoms with Gasteiger partial charge in [0.25, 0.3) is 0 Å². The Balaban J connectivity index is 1.79. The van der Waals surface area contributed by atoms with Crippen molar-refractivity contribution in [3.8, 4) is 0 Å². The van der Waals surface area contributed by atoms with Crippen molar-refractivity contribution in [2.45, 2.75) is 0 Å². The molecule has 0 atom stereocenters. The van der Waals surface area contributed by atoms with Gasteiger partial charge in [0.2, 0.25) is 0 Å². The van der Waals surface area contributed by atoms with Gasteiger partial charge in [-0.2, -0.15) is 5.10 Å². The van der Waals surface area contributed by atoms with Crippen LogP contribution in [0.25, 0.3) is 11.0 Å². The summed E-state index contributed by atoms with van der Waals surface area (Å²) in [6.07, 6.45) is 1.61. The van der Waals surface area contributed by atoms with Crippen molar-refractivity contribution in [1.29, 1.82) is 0 Å². The van der Waals surface area contributed by atoms with Crippen LogP contribution in [0.3, 0.4) is 0 Å². The van der Waals surface area contributed by atoms with Gasteiger partial charge in [-0.1, -0.05) is 34.1 Å².